The van der Waals surface area contributed by atoms with E-state index in [0.717, 1.165) is 81.4 Å². The number of nitrogens with zero attached hydrogens (tertiary/aromatic N) is 3. The Morgan fingerprint density at radius 1 is 0.800 bits per heavy atom. The number of carboxylic acids is 1. The number of nitrogens with one attached hydrogen (secondary N) is 2. The van der Waals surface area contributed by atoms with Crippen LogP contribution in [0, 0.1) is 5.92 Å². The summed E-state index contributed by atoms with van der Waals surface area (Å²) >= 11 is 0. The van der Waals surface area contributed by atoms with Gasteiger partial charge in [0.15, 0.2) is 0 Å². The molecular weight excluding hydrogens is 498 g/mol. The van der Waals surface area contributed by atoms with Crippen LogP contribution in [0.1, 0.15) is 43.6 Å². The summed E-state index contributed by atoms with van der Waals surface area (Å²) in [6, 6.07) is 25.4. The number of hydrogen-bond donors (Lipinski definition) is 3. The van der Waals surface area contributed by atoms with Crippen molar-refractivity contribution in [3.8, 4) is 33.8 Å². The summed E-state index contributed by atoms with van der Waals surface area (Å²) in [6.45, 7) is 0. The number of aliphatic carboxylic acids is 1. The Morgan fingerprint density at radius 2 is 1.52 bits per heavy atom. The van der Waals surface area contributed by atoms with Gasteiger partial charge in [0.2, 0.25) is 0 Å². The summed E-state index contributed by atoms with van der Waals surface area (Å²) in [6.07, 6.45) is 8.10. The topological polar surface area (TPSA) is 108 Å². The summed E-state index contributed by atoms with van der Waals surface area (Å²) in [5.74, 6) is 0.947. The number of rotatable bonds is 6. The first-order valence-corrected chi connectivity index (χ1v) is 13.8. The Labute approximate surface area is 231 Å². The number of aromatic amines is 2. The van der Waals surface area contributed by atoms with E-state index < -0.39 is 5.97 Å². The van der Waals surface area contributed by atoms with Gasteiger partial charge in [-0.15, -0.1) is 0 Å². The standard InChI is InChI=1S/C33H29N5O2/c39-32(40)15-20-1-3-21(4-2-20)22-5-7-23(8-6-22)28-13-12-27(18-34-28)33-36-29-14-11-25(17-31(29)37-33)24-9-10-26-19-35-38-30(26)16-24/h5-14,16-21H,1-4,15H2,(H,35,38)(H,36,37)(H,39,40). The monoisotopic (exact) mass is 527 g/mol. The van der Waals surface area contributed by atoms with Crippen LogP contribution < -0.4 is 0 Å². The molecular formula is C33H29N5O2. The van der Waals surface area contributed by atoms with Gasteiger partial charge in [-0.1, -0.05) is 42.5 Å². The fourth-order valence-electron chi connectivity index (χ4n) is 6.02. The van der Waals surface area contributed by atoms with Gasteiger partial charge < -0.3 is 10.1 Å². The van der Waals surface area contributed by atoms with Crippen molar-refractivity contribution in [3.63, 3.8) is 0 Å². The van der Waals surface area contributed by atoms with Crippen LogP contribution in [0.3, 0.4) is 0 Å². The molecule has 0 spiro atoms. The molecule has 1 aliphatic carbocycles. The van der Waals surface area contributed by atoms with Crippen molar-refractivity contribution in [2.24, 2.45) is 5.92 Å². The van der Waals surface area contributed by atoms with Crippen molar-refractivity contribution in [1.29, 1.82) is 0 Å². The third kappa shape index (κ3) is 4.75. The third-order valence-electron chi connectivity index (χ3n) is 8.28. The van der Waals surface area contributed by atoms with Crippen LogP contribution in [0.15, 0.2) is 85.2 Å². The summed E-state index contributed by atoms with van der Waals surface area (Å²) in [5.41, 5.74) is 9.43. The first kappa shape index (κ1) is 24.3. The van der Waals surface area contributed by atoms with E-state index in [-0.39, 0.29) is 0 Å². The molecule has 7 rings (SSSR count). The Bertz CT molecular complexity index is 1810. The van der Waals surface area contributed by atoms with Crippen molar-refractivity contribution in [1.82, 2.24) is 25.1 Å². The van der Waals surface area contributed by atoms with E-state index >= 15 is 0 Å². The molecule has 3 aromatic carbocycles. The lowest BCUT2D eigenvalue weighted by Crippen LogP contribution is -2.16. The fraction of sp³-hybridized carbons (Fsp3) is 0.212. The predicted octanol–water partition coefficient (Wildman–Crippen LogP) is 7.58. The zero-order valence-electron chi connectivity index (χ0n) is 22.0. The van der Waals surface area contributed by atoms with Gasteiger partial charge in [0.25, 0.3) is 0 Å². The lowest BCUT2D eigenvalue weighted by molar-refractivity contribution is -0.138. The van der Waals surface area contributed by atoms with E-state index in [2.05, 4.69) is 75.8 Å². The van der Waals surface area contributed by atoms with Crippen molar-refractivity contribution < 1.29 is 9.90 Å². The van der Waals surface area contributed by atoms with Crippen LogP contribution in [-0.4, -0.2) is 36.2 Å². The zero-order chi connectivity index (χ0) is 27.1. The summed E-state index contributed by atoms with van der Waals surface area (Å²) < 4.78 is 0. The lowest BCUT2D eigenvalue weighted by atomic mass is 9.77. The molecule has 0 unspecified atom stereocenters. The van der Waals surface area contributed by atoms with Gasteiger partial charge in [0, 0.05) is 29.1 Å². The Kier molecular flexibility index (Phi) is 6.11. The Morgan fingerprint density at radius 3 is 2.27 bits per heavy atom. The average Bonchev–Trinajstić information content (AvgIpc) is 3.64. The molecule has 0 aliphatic heterocycles. The van der Waals surface area contributed by atoms with Gasteiger partial charge >= 0.3 is 5.97 Å². The van der Waals surface area contributed by atoms with Gasteiger partial charge in [0.05, 0.1) is 28.4 Å². The molecule has 1 fully saturated rings. The number of hydrogen-bond acceptors (Lipinski definition) is 4. The normalized spacial score (nSPS) is 17.4. The molecule has 198 valence electrons. The molecule has 0 radical (unpaired) electrons. The Balaban J connectivity index is 1.06. The number of carbonyl (C=O) groups is 1. The SMILES string of the molecule is O=C(O)CC1CCC(c2ccc(-c3ccc(-c4nc5ccc(-c6ccc7cn[nH]c7c6)cc5[nH]4)cn3)cc2)CC1. The number of pyridine rings is 1. The van der Waals surface area contributed by atoms with Crippen LogP contribution in [0.4, 0.5) is 0 Å². The smallest absolute Gasteiger partial charge is 0.303 e. The molecule has 3 aromatic heterocycles. The van der Waals surface area contributed by atoms with Crippen LogP contribution in [-0.2, 0) is 4.79 Å². The third-order valence-corrected chi connectivity index (χ3v) is 8.28. The van der Waals surface area contributed by atoms with Gasteiger partial charge in [-0.25, -0.2) is 4.98 Å². The molecule has 0 amide bonds. The molecule has 6 aromatic rings. The minimum atomic E-state index is -0.680. The highest BCUT2D eigenvalue weighted by molar-refractivity contribution is 5.88. The number of imidazole rings is 1. The second-order valence-corrected chi connectivity index (χ2v) is 10.9. The van der Waals surface area contributed by atoms with E-state index in [4.69, 9.17) is 15.1 Å². The number of fused-ring (bicyclic) bond motifs is 2. The van der Waals surface area contributed by atoms with Crippen molar-refractivity contribution in [3.05, 3.63) is 90.8 Å². The van der Waals surface area contributed by atoms with Crippen molar-refractivity contribution >= 4 is 27.9 Å². The molecule has 7 heteroatoms. The van der Waals surface area contributed by atoms with E-state index in [1.807, 2.05) is 24.5 Å². The Hall–Kier alpha value is -4.78. The van der Waals surface area contributed by atoms with Gasteiger partial charge in [-0.05, 0) is 84.5 Å². The number of aromatic nitrogens is 5. The maximum atomic E-state index is 11.0. The summed E-state index contributed by atoms with van der Waals surface area (Å²) in [5, 5.41) is 17.3. The summed E-state index contributed by atoms with van der Waals surface area (Å²) in [4.78, 5) is 24.0. The molecule has 1 aliphatic rings. The number of carboxylic acid groups (broad SMARTS) is 1. The number of benzene rings is 3. The highest BCUT2D eigenvalue weighted by Crippen LogP contribution is 2.37. The van der Waals surface area contributed by atoms with Crippen LogP contribution in [0.25, 0.3) is 55.7 Å². The van der Waals surface area contributed by atoms with E-state index in [1.54, 1.807) is 0 Å². The molecule has 0 bridgehead atoms. The quantitative estimate of drug-likeness (QED) is 0.207. The average molecular weight is 528 g/mol. The highest BCUT2D eigenvalue weighted by Gasteiger charge is 2.24. The van der Waals surface area contributed by atoms with Gasteiger partial charge in [-0.2, -0.15) is 5.10 Å². The van der Waals surface area contributed by atoms with Gasteiger partial charge in [0.1, 0.15) is 5.82 Å². The van der Waals surface area contributed by atoms with Crippen molar-refractivity contribution in [2.45, 2.75) is 38.0 Å². The van der Waals surface area contributed by atoms with Crippen LogP contribution in [0.2, 0.25) is 0 Å². The largest absolute Gasteiger partial charge is 0.481 e. The first-order valence-electron chi connectivity index (χ1n) is 13.8. The zero-order valence-corrected chi connectivity index (χ0v) is 22.0. The minimum Gasteiger partial charge on any atom is -0.481 e. The first-order chi connectivity index (χ1) is 19.6. The highest BCUT2D eigenvalue weighted by atomic mass is 16.4. The second kappa shape index (κ2) is 10.1. The summed E-state index contributed by atoms with van der Waals surface area (Å²) in [7, 11) is 0. The molecule has 7 nitrogen and oxygen atoms in total. The van der Waals surface area contributed by atoms with E-state index in [1.165, 1.54) is 5.56 Å². The molecule has 3 heterocycles. The molecule has 3 N–H and O–H groups in total. The van der Waals surface area contributed by atoms with Crippen LogP contribution in [0.5, 0.6) is 0 Å². The minimum absolute atomic E-state index is 0.297. The second-order valence-electron chi connectivity index (χ2n) is 10.9. The predicted molar refractivity (Wildman–Crippen MR) is 157 cm³/mol. The molecule has 40 heavy (non-hydrogen) atoms. The number of H-pyrrole nitrogens is 2. The maximum absolute atomic E-state index is 11.0. The molecule has 0 saturated heterocycles. The van der Waals surface area contributed by atoms with E-state index in [9.17, 15) is 4.79 Å². The van der Waals surface area contributed by atoms with Crippen molar-refractivity contribution in [2.75, 3.05) is 0 Å². The molecule has 1 saturated carbocycles. The van der Waals surface area contributed by atoms with Crippen LogP contribution >= 0.6 is 0 Å². The molecule has 0 atom stereocenters. The van der Waals surface area contributed by atoms with E-state index in [0.29, 0.717) is 18.3 Å². The maximum Gasteiger partial charge on any atom is 0.303 e. The fourth-order valence-corrected chi connectivity index (χ4v) is 6.02. The lowest BCUT2D eigenvalue weighted by Gasteiger charge is -2.28. The van der Waals surface area contributed by atoms with Gasteiger partial charge in [-0.3, -0.25) is 14.9 Å².